The van der Waals surface area contributed by atoms with E-state index < -0.39 is 0 Å². The summed E-state index contributed by atoms with van der Waals surface area (Å²) in [7, 11) is 1.66. The molecule has 0 fully saturated rings. The quantitative estimate of drug-likeness (QED) is 0.519. The molecule has 1 aromatic heterocycles. The molecule has 3 rings (SSSR count). The third-order valence-electron chi connectivity index (χ3n) is 4.44. The first-order valence-electron chi connectivity index (χ1n) is 8.92. The van der Waals surface area contributed by atoms with Gasteiger partial charge < -0.3 is 20.4 Å². The number of aromatic nitrogens is 1. The first kappa shape index (κ1) is 18.0. The number of ether oxygens (including phenoxy) is 1. The molecule has 3 N–H and O–H groups in total. The molecule has 0 atom stereocenters. The zero-order valence-electron chi connectivity index (χ0n) is 15.0. The number of hydrogen-bond acceptors (Lipinski definition) is 3. The fourth-order valence-electron chi connectivity index (χ4n) is 3.07. The first-order valence-corrected chi connectivity index (χ1v) is 8.92. The molecule has 2 aromatic carbocycles. The lowest BCUT2D eigenvalue weighted by Crippen LogP contribution is -2.35. The summed E-state index contributed by atoms with van der Waals surface area (Å²) in [6.45, 7) is 1.69. The number of para-hydroxylation sites is 2. The summed E-state index contributed by atoms with van der Waals surface area (Å²) in [6.07, 6.45) is 3.68. The maximum absolute atomic E-state index is 12.0. The third-order valence-corrected chi connectivity index (χ3v) is 4.44. The molecule has 5 heteroatoms. The number of benzene rings is 2. The average molecular weight is 351 g/mol. The monoisotopic (exact) mass is 351 g/mol. The van der Waals surface area contributed by atoms with Gasteiger partial charge in [-0.2, -0.15) is 0 Å². The second-order valence-corrected chi connectivity index (χ2v) is 6.20. The van der Waals surface area contributed by atoms with Gasteiger partial charge in [-0.1, -0.05) is 36.4 Å². The standard InChI is InChI=1S/C21H25N3O2/c1-26-20-9-5-2-6-16(20)11-13-23-21(25)15-22-12-10-17-14-24-19-8-4-3-7-18(17)19/h2-9,14,22,24H,10-13,15H2,1H3,(H,23,25). The molecule has 1 amide bonds. The van der Waals surface area contributed by atoms with Gasteiger partial charge in [0.25, 0.3) is 0 Å². The molecule has 0 bridgehead atoms. The topological polar surface area (TPSA) is 66.2 Å². The molecule has 0 aliphatic heterocycles. The molecule has 0 aliphatic rings. The fourth-order valence-corrected chi connectivity index (χ4v) is 3.07. The largest absolute Gasteiger partial charge is 0.496 e. The van der Waals surface area contributed by atoms with E-state index in [1.807, 2.05) is 42.6 Å². The minimum absolute atomic E-state index is 0.0128. The molecule has 136 valence electrons. The van der Waals surface area contributed by atoms with Crippen LogP contribution in [0.15, 0.2) is 54.7 Å². The SMILES string of the molecule is COc1ccccc1CCNC(=O)CNCCc1c[nH]c2ccccc12. The lowest BCUT2D eigenvalue weighted by molar-refractivity contribution is -0.120. The Hall–Kier alpha value is -2.79. The van der Waals surface area contributed by atoms with E-state index in [0.717, 1.165) is 36.2 Å². The Bertz CT molecular complexity index is 857. The number of rotatable bonds is 9. The minimum atomic E-state index is 0.0128. The number of hydrogen-bond donors (Lipinski definition) is 3. The molecule has 1 heterocycles. The highest BCUT2D eigenvalue weighted by atomic mass is 16.5. The molecule has 0 aliphatic carbocycles. The summed E-state index contributed by atoms with van der Waals surface area (Å²) in [5.41, 5.74) is 3.52. The van der Waals surface area contributed by atoms with Crippen molar-refractivity contribution in [1.29, 1.82) is 0 Å². The fraction of sp³-hybridized carbons (Fsp3) is 0.286. The molecule has 0 saturated heterocycles. The lowest BCUT2D eigenvalue weighted by atomic mass is 10.1. The molecule has 0 unspecified atom stereocenters. The maximum atomic E-state index is 12.0. The van der Waals surface area contributed by atoms with Crippen molar-refractivity contribution in [3.05, 3.63) is 65.9 Å². The second kappa shape index (κ2) is 9.06. The van der Waals surface area contributed by atoms with Gasteiger partial charge in [0.15, 0.2) is 0 Å². The number of fused-ring (bicyclic) bond motifs is 1. The molecular weight excluding hydrogens is 326 g/mol. The van der Waals surface area contributed by atoms with Crippen LogP contribution in [-0.4, -0.2) is 37.6 Å². The van der Waals surface area contributed by atoms with Crippen LogP contribution in [0.5, 0.6) is 5.75 Å². The molecule has 26 heavy (non-hydrogen) atoms. The van der Waals surface area contributed by atoms with Crippen LogP contribution < -0.4 is 15.4 Å². The second-order valence-electron chi connectivity index (χ2n) is 6.20. The van der Waals surface area contributed by atoms with E-state index in [9.17, 15) is 4.79 Å². The summed E-state index contributed by atoms with van der Waals surface area (Å²) < 4.78 is 5.32. The van der Waals surface area contributed by atoms with E-state index in [4.69, 9.17) is 4.74 Å². The zero-order valence-corrected chi connectivity index (χ0v) is 15.0. The van der Waals surface area contributed by atoms with Crippen LogP contribution >= 0.6 is 0 Å². The Balaban J connectivity index is 1.35. The van der Waals surface area contributed by atoms with Crippen LogP contribution in [0.3, 0.4) is 0 Å². The molecule has 5 nitrogen and oxygen atoms in total. The summed E-state index contributed by atoms with van der Waals surface area (Å²) in [5.74, 6) is 0.873. The van der Waals surface area contributed by atoms with Gasteiger partial charge in [-0.25, -0.2) is 0 Å². The van der Waals surface area contributed by atoms with Crippen molar-refractivity contribution in [2.75, 3.05) is 26.7 Å². The molecular formula is C21H25N3O2. The van der Waals surface area contributed by atoms with Gasteiger partial charge in [0.05, 0.1) is 13.7 Å². The smallest absolute Gasteiger partial charge is 0.233 e. The van der Waals surface area contributed by atoms with Gasteiger partial charge in [0.2, 0.25) is 5.91 Å². The Labute approximate surface area is 153 Å². The van der Waals surface area contributed by atoms with Crippen LogP contribution in [0.2, 0.25) is 0 Å². The van der Waals surface area contributed by atoms with E-state index in [2.05, 4.69) is 27.8 Å². The first-order chi connectivity index (χ1) is 12.8. The summed E-state index contributed by atoms with van der Waals surface area (Å²) in [6, 6.07) is 16.1. The van der Waals surface area contributed by atoms with Crippen LogP contribution in [0, 0.1) is 0 Å². The van der Waals surface area contributed by atoms with Crippen molar-refractivity contribution in [1.82, 2.24) is 15.6 Å². The Morgan fingerprint density at radius 1 is 1.00 bits per heavy atom. The summed E-state index contributed by atoms with van der Waals surface area (Å²) in [5, 5.41) is 7.40. The lowest BCUT2D eigenvalue weighted by Gasteiger charge is -2.09. The molecule has 0 saturated carbocycles. The van der Waals surface area contributed by atoms with E-state index in [-0.39, 0.29) is 5.91 Å². The van der Waals surface area contributed by atoms with Crippen molar-refractivity contribution < 1.29 is 9.53 Å². The van der Waals surface area contributed by atoms with Crippen LogP contribution in [0.1, 0.15) is 11.1 Å². The van der Waals surface area contributed by atoms with Crippen molar-refractivity contribution in [3.63, 3.8) is 0 Å². The van der Waals surface area contributed by atoms with Gasteiger partial charge in [0, 0.05) is 23.6 Å². The Kier molecular flexibility index (Phi) is 6.28. The molecule has 0 spiro atoms. The Morgan fingerprint density at radius 3 is 2.65 bits per heavy atom. The van der Waals surface area contributed by atoms with Crippen LogP contribution in [0.4, 0.5) is 0 Å². The number of nitrogens with one attached hydrogen (secondary N) is 3. The van der Waals surface area contributed by atoms with Gasteiger partial charge in [-0.3, -0.25) is 4.79 Å². The highest BCUT2D eigenvalue weighted by Crippen LogP contribution is 2.18. The number of amides is 1. The third kappa shape index (κ3) is 4.64. The summed E-state index contributed by atoms with van der Waals surface area (Å²) in [4.78, 5) is 15.2. The van der Waals surface area contributed by atoms with E-state index in [1.165, 1.54) is 10.9 Å². The van der Waals surface area contributed by atoms with Crippen molar-refractivity contribution in [2.45, 2.75) is 12.8 Å². The van der Waals surface area contributed by atoms with E-state index in [0.29, 0.717) is 13.1 Å². The number of aromatic amines is 1. The number of methoxy groups -OCH3 is 1. The highest BCUT2D eigenvalue weighted by molar-refractivity contribution is 5.83. The van der Waals surface area contributed by atoms with Gasteiger partial charge >= 0.3 is 0 Å². The van der Waals surface area contributed by atoms with Gasteiger partial charge in [0.1, 0.15) is 5.75 Å². The molecule has 3 aromatic rings. The number of carbonyl (C=O) groups excluding carboxylic acids is 1. The number of H-pyrrole nitrogens is 1. The van der Waals surface area contributed by atoms with Crippen LogP contribution in [0.25, 0.3) is 10.9 Å². The predicted octanol–water partition coefficient (Wildman–Crippen LogP) is 2.67. The zero-order chi connectivity index (χ0) is 18.2. The van der Waals surface area contributed by atoms with Crippen molar-refractivity contribution >= 4 is 16.8 Å². The minimum Gasteiger partial charge on any atom is -0.496 e. The van der Waals surface area contributed by atoms with E-state index in [1.54, 1.807) is 7.11 Å². The highest BCUT2D eigenvalue weighted by Gasteiger charge is 2.05. The van der Waals surface area contributed by atoms with Gasteiger partial charge in [-0.05, 0) is 42.6 Å². The summed E-state index contributed by atoms with van der Waals surface area (Å²) >= 11 is 0. The van der Waals surface area contributed by atoms with Crippen molar-refractivity contribution in [2.24, 2.45) is 0 Å². The maximum Gasteiger partial charge on any atom is 0.233 e. The van der Waals surface area contributed by atoms with Crippen LogP contribution in [-0.2, 0) is 17.6 Å². The Morgan fingerprint density at radius 2 is 1.77 bits per heavy atom. The number of carbonyl (C=O) groups is 1. The normalized spacial score (nSPS) is 10.8. The average Bonchev–Trinajstić information content (AvgIpc) is 3.09. The van der Waals surface area contributed by atoms with Gasteiger partial charge in [-0.15, -0.1) is 0 Å². The molecule has 0 radical (unpaired) electrons. The van der Waals surface area contributed by atoms with E-state index >= 15 is 0 Å². The predicted molar refractivity (Wildman–Crippen MR) is 105 cm³/mol. The van der Waals surface area contributed by atoms with Crippen molar-refractivity contribution in [3.8, 4) is 5.75 Å².